The Bertz CT molecular complexity index is 613. The summed E-state index contributed by atoms with van der Waals surface area (Å²) >= 11 is 6.78. The third-order valence-electron chi connectivity index (χ3n) is 3.42. The summed E-state index contributed by atoms with van der Waals surface area (Å²) in [5, 5.41) is 0. The van der Waals surface area contributed by atoms with Gasteiger partial charge in [-0.25, -0.2) is 13.1 Å². The molecule has 0 aliphatic carbocycles. The topological polar surface area (TPSA) is 87.8 Å². The quantitative estimate of drug-likeness (QED) is 0.286. The number of nitrogens with two attached hydrogens (primary N) is 1. The number of nitrogens with zero attached hydrogens (tertiary/aromatic N) is 2. The van der Waals surface area contributed by atoms with Crippen LogP contribution in [0.4, 0.5) is 0 Å². The molecule has 3 N–H and O–H groups in total. The van der Waals surface area contributed by atoms with Gasteiger partial charge in [-0.2, -0.15) is 0 Å². The van der Waals surface area contributed by atoms with Gasteiger partial charge in [0, 0.05) is 19.6 Å². The maximum Gasteiger partial charge on any atom is 0.250 e. The molecule has 0 radical (unpaired) electrons. The molecule has 0 atom stereocenters. The molecule has 2 rings (SSSR count). The number of likely N-dealkylation sites (tertiary alicyclic amines) is 1. The van der Waals surface area contributed by atoms with Crippen molar-refractivity contribution < 1.29 is 8.42 Å². The smallest absolute Gasteiger partial charge is 0.250 e. The molecule has 0 unspecified atom stereocenters. The van der Waals surface area contributed by atoms with Gasteiger partial charge < -0.3 is 10.6 Å². The normalized spacial score (nSPS) is 16.7. The summed E-state index contributed by atoms with van der Waals surface area (Å²) < 4.78 is 27.1. The Kier molecular flexibility index (Phi) is 9.12. The number of hydrogen-bond acceptors (Lipinski definition) is 4. The fourth-order valence-corrected chi connectivity index (χ4v) is 4.81. The molecular weight excluding hydrogens is 471 g/mol. The molecule has 6 nitrogen and oxygen atoms in total. The van der Waals surface area contributed by atoms with Crippen LogP contribution in [0.2, 0.25) is 4.34 Å². The first-order valence-electron chi connectivity index (χ1n) is 7.29. The molecule has 132 valence electrons. The van der Waals surface area contributed by atoms with Crippen LogP contribution >= 0.6 is 46.9 Å². The van der Waals surface area contributed by atoms with Gasteiger partial charge in [-0.15, -0.1) is 35.3 Å². The van der Waals surface area contributed by atoms with Crippen LogP contribution < -0.4 is 10.5 Å². The molecule has 1 aliphatic rings. The lowest BCUT2D eigenvalue weighted by Crippen LogP contribution is -2.38. The van der Waals surface area contributed by atoms with Gasteiger partial charge in [0.25, 0.3) is 0 Å². The number of aliphatic imine (C=N–C) groups is 1. The monoisotopic (exact) mass is 492 g/mol. The zero-order valence-electron chi connectivity index (χ0n) is 12.7. The number of thiophene rings is 1. The fourth-order valence-electron chi connectivity index (χ4n) is 2.26. The summed E-state index contributed by atoms with van der Waals surface area (Å²) in [5.74, 6) is 0.500. The number of guanidine groups is 1. The maximum absolute atomic E-state index is 12.0. The molecule has 0 amide bonds. The van der Waals surface area contributed by atoms with Gasteiger partial charge in [-0.1, -0.05) is 24.4 Å². The van der Waals surface area contributed by atoms with Gasteiger partial charge in [-0.05, 0) is 25.0 Å². The summed E-state index contributed by atoms with van der Waals surface area (Å²) in [6.45, 7) is 2.39. The first-order chi connectivity index (χ1) is 10.5. The molecule has 0 bridgehead atoms. The van der Waals surface area contributed by atoms with Crippen LogP contribution in [0.25, 0.3) is 0 Å². The lowest BCUT2D eigenvalue weighted by Gasteiger charge is -2.21. The lowest BCUT2D eigenvalue weighted by molar-refractivity contribution is 0.428. The van der Waals surface area contributed by atoms with E-state index in [1.165, 1.54) is 18.9 Å². The maximum atomic E-state index is 12.0. The standard InChI is InChI=1S/C13H21ClN4O2S2.HI/c14-11-5-6-12(21-11)22(19,20)17-8-7-16-13(15)18-9-3-1-2-4-10-18;/h5-6,17H,1-4,7-10H2,(H2,15,16);1H. The Balaban J connectivity index is 0.00000264. The molecule has 0 spiro atoms. The van der Waals surface area contributed by atoms with E-state index in [0.717, 1.165) is 37.3 Å². The van der Waals surface area contributed by atoms with Gasteiger partial charge in [0.15, 0.2) is 5.96 Å². The van der Waals surface area contributed by atoms with Crippen LogP contribution in [-0.2, 0) is 10.0 Å². The van der Waals surface area contributed by atoms with Crippen LogP contribution in [0.1, 0.15) is 25.7 Å². The van der Waals surface area contributed by atoms with Crippen molar-refractivity contribution in [2.75, 3.05) is 26.2 Å². The third-order valence-corrected chi connectivity index (χ3v) is 6.61. The van der Waals surface area contributed by atoms with E-state index >= 15 is 0 Å². The van der Waals surface area contributed by atoms with Crippen LogP contribution in [0.3, 0.4) is 0 Å². The van der Waals surface area contributed by atoms with Gasteiger partial charge in [-0.3, -0.25) is 4.99 Å². The minimum Gasteiger partial charge on any atom is -0.370 e. The summed E-state index contributed by atoms with van der Waals surface area (Å²) in [6.07, 6.45) is 4.71. The van der Waals surface area contributed by atoms with E-state index in [0.29, 0.717) is 16.8 Å². The Morgan fingerprint density at radius 2 is 1.96 bits per heavy atom. The van der Waals surface area contributed by atoms with Crippen LogP contribution in [0.5, 0.6) is 0 Å². The number of rotatable bonds is 5. The van der Waals surface area contributed by atoms with E-state index in [1.54, 1.807) is 6.07 Å². The number of sulfonamides is 1. The zero-order chi connectivity index (χ0) is 16.0. The molecule has 0 aromatic carbocycles. The number of hydrogen-bond donors (Lipinski definition) is 2. The zero-order valence-corrected chi connectivity index (χ0v) is 17.4. The van der Waals surface area contributed by atoms with E-state index in [1.807, 2.05) is 0 Å². The predicted molar refractivity (Wildman–Crippen MR) is 106 cm³/mol. The molecule has 1 aromatic rings. The second-order valence-electron chi connectivity index (χ2n) is 5.10. The summed E-state index contributed by atoms with van der Waals surface area (Å²) in [6, 6.07) is 3.06. The second kappa shape index (κ2) is 10.0. The van der Waals surface area contributed by atoms with Crippen molar-refractivity contribution >= 4 is 62.9 Å². The van der Waals surface area contributed by atoms with E-state index < -0.39 is 10.0 Å². The van der Waals surface area contributed by atoms with Crippen LogP contribution in [0.15, 0.2) is 21.3 Å². The summed E-state index contributed by atoms with van der Waals surface area (Å²) in [5.41, 5.74) is 5.97. The van der Waals surface area contributed by atoms with Crippen molar-refractivity contribution in [3.05, 3.63) is 16.5 Å². The van der Waals surface area contributed by atoms with Crippen LogP contribution in [-0.4, -0.2) is 45.5 Å². The molecule has 1 saturated heterocycles. The Morgan fingerprint density at radius 1 is 1.30 bits per heavy atom. The van der Waals surface area contributed by atoms with Crippen molar-refractivity contribution in [2.45, 2.75) is 29.9 Å². The predicted octanol–water partition coefficient (Wildman–Crippen LogP) is 2.49. The van der Waals surface area contributed by atoms with Crippen molar-refractivity contribution in [1.29, 1.82) is 0 Å². The van der Waals surface area contributed by atoms with Crippen molar-refractivity contribution in [3.8, 4) is 0 Å². The van der Waals surface area contributed by atoms with Crippen molar-refractivity contribution in [1.82, 2.24) is 9.62 Å². The third kappa shape index (κ3) is 6.73. The lowest BCUT2D eigenvalue weighted by atomic mass is 10.2. The van der Waals surface area contributed by atoms with Gasteiger partial charge in [0.05, 0.1) is 10.9 Å². The minimum absolute atomic E-state index is 0. The summed E-state index contributed by atoms with van der Waals surface area (Å²) in [4.78, 5) is 6.33. The first-order valence-corrected chi connectivity index (χ1v) is 9.97. The van der Waals surface area contributed by atoms with Gasteiger partial charge in [0.1, 0.15) is 4.21 Å². The molecule has 2 heterocycles. The van der Waals surface area contributed by atoms with Gasteiger partial charge in [0.2, 0.25) is 10.0 Å². The molecule has 10 heteroatoms. The Morgan fingerprint density at radius 3 is 2.52 bits per heavy atom. The largest absolute Gasteiger partial charge is 0.370 e. The molecule has 1 aliphatic heterocycles. The summed E-state index contributed by atoms with van der Waals surface area (Å²) in [7, 11) is -3.51. The molecule has 23 heavy (non-hydrogen) atoms. The molecule has 1 aromatic heterocycles. The van der Waals surface area contributed by atoms with E-state index in [-0.39, 0.29) is 34.7 Å². The highest BCUT2D eigenvalue weighted by Gasteiger charge is 2.16. The van der Waals surface area contributed by atoms with Crippen molar-refractivity contribution in [2.24, 2.45) is 10.7 Å². The first kappa shape index (κ1) is 20.9. The SMILES string of the molecule is I.NC(=NCCNS(=O)(=O)c1ccc(Cl)s1)N1CCCCCC1. The van der Waals surface area contributed by atoms with Crippen molar-refractivity contribution in [3.63, 3.8) is 0 Å². The van der Waals surface area contributed by atoms with Gasteiger partial charge >= 0.3 is 0 Å². The molecule has 0 saturated carbocycles. The Hall–Kier alpha value is -0.100. The van der Waals surface area contributed by atoms with E-state index in [4.69, 9.17) is 17.3 Å². The fraction of sp³-hybridized carbons (Fsp3) is 0.615. The van der Waals surface area contributed by atoms with E-state index in [2.05, 4.69) is 14.6 Å². The minimum atomic E-state index is -3.51. The average molecular weight is 493 g/mol. The highest BCUT2D eigenvalue weighted by molar-refractivity contribution is 14.0. The molecule has 1 fully saturated rings. The number of halogens is 2. The molecular formula is C13H22ClIN4O2S2. The highest BCUT2D eigenvalue weighted by atomic mass is 127. The highest BCUT2D eigenvalue weighted by Crippen LogP contribution is 2.25. The van der Waals surface area contributed by atoms with E-state index in [9.17, 15) is 8.42 Å². The Labute approximate surface area is 163 Å². The van der Waals surface area contributed by atoms with Crippen LogP contribution in [0, 0.1) is 0 Å². The second-order valence-corrected chi connectivity index (χ2v) is 8.81. The average Bonchev–Trinajstić information content (AvgIpc) is 2.76. The number of nitrogens with one attached hydrogen (secondary N) is 1.